The van der Waals surface area contributed by atoms with E-state index in [4.69, 9.17) is 98.0 Å². The van der Waals surface area contributed by atoms with Crippen molar-refractivity contribution in [3.8, 4) is 0 Å². The molecule has 39 heteroatoms. The van der Waals surface area contributed by atoms with E-state index >= 15 is 0 Å². The third-order valence-electron chi connectivity index (χ3n) is 19.6. The third kappa shape index (κ3) is 28.9. The van der Waals surface area contributed by atoms with Crippen LogP contribution in [-0.4, -0.2) is 254 Å². The molecule has 3 atom stereocenters. The normalized spacial score (nSPS) is 16.1. The van der Waals surface area contributed by atoms with Gasteiger partial charge >= 0.3 is 24.2 Å². The largest absolute Gasteiger partial charge is 0.465 e. The molecular formula is C77H101Cl6N13O17S3. The van der Waals surface area contributed by atoms with Crippen molar-refractivity contribution >= 4 is 124 Å². The van der Waals surface area contributed by atoms with E-state index in [1.807, 2.05) is 57.5 Å². The average Bonchev–Trinajstić information content (AvgIpc) is 0.781. The van der Waals surface area contributed by atoms with E-state index < -0.39 is 59.8 Å². The van der Waals surface area contributed by atoms with Crippen molar-refractivity contribution in [3.63, 3.8) is 0 Å². The van der Waals surface area contributed by atoms with E-state index in [9.17, 15) is 49.5 Å². The minimum atomic E-state index is -3.90. The van der Waals surface area contributed by atoms with Crippen LogP contribution in [0.15, 0.2) is 124 Å². The molecule has 7 amide bonds. The number of nitrogens with zero attached hydrogens (tertiary/aromatic N) is 3. The number of rotatable bonds is 46. The molecule has 0 aromatic heterocycles. The number of hydrogen-bond donors (Lipinski definition) is 11. The molecule has 0 spiro atoms. The van der Waals surface area contributed by atoms with E-state index in [1.54, 1.807) is 54.6 Å². The number of carboxylic acid groups (broad SMARTS) is 1. The van der Waals surface area contributed by atoms with Crippen LogP contribution in [0.1, 0.15) is 87.1 Å². The number of amides is 7. The molecule has 0 fully saturated rings. The van der Waals surface area contributed by atoms with Crippen molar-refractivity contribution in [3.05, 3.63) is 189 Å². The smallest absolute Gasteiger partial charge is 0.405 e. The standard InChI is InChI=1S/C77H101Cl6N13O17S3/c1-94-46-64(61-40-55(78)43-70(81)67(61)49-94)52-7-4-10-58(37-52)114(102,103)90-22-28-111-34-31-108-25-19-87-73(97)84-16-13-77(93-76(100)101,14-17-85-74(98)88-20-26-109-32-35-112-29-23-91-115(104,105)59-11-5-8-53(38-59)65-47-95(2)50-68-62(65)41-56(79)44-71(68)82)15-18-86-75(99)89-21-27-110-33-36-113-30-24-92-116(106,107)60-12-6-9-54(39-60)66-48-96(3)51-69-63(66)42-57(80)45-72(69)83/h4-12,37-45,64-66,90-93H,13-36,46-51H2,1-3H3,(H,100,101)(H2,84,87,97)(H2,85,88,98)(H2,86,89,99)/t64-,65-,66-/m0/s1. The lowest BCUT2D eigenvalue weighted by atomic mass is 9.85. The Bertz CT molecular complexity index is 4230. The number of sulfonamides is 3. The summed E-state index contributed by atoms with van der Waals surface area (Å²) in [6.07, 6.45) is -1.35. The second-order valence-corrected chi connectivity index (χ2v) is 36.0. The molecule has 9 rings (SSSR count). The second-order valence-electron chi connectivity index (χ2n) is 28.2. The Balaban J connectivity index is 0.660. The Morgan fingerprint density at radius 1 is 0.379 bits per heavy atom. The molecule has 3 heterocycles. The third-order valence-corrected chi connectivity index (χ3v) is 25.6. The fourth-order valence-electron chi connectivity index (χ4n) is 14.0. The Kier molecular flexibility index (Phi) is 36.9. The van der Waals surface area contributed by atoms with Gasteiger partial charge in [0.2, 0.25) is 30.1 Å². The summed E-state index contributed by atoms with van der Waals surface area (Å²) in [6, 6.07) is 29.3. The van der Waals surface area contributed by atoms with Gasteiger partial charge in [0.25, 0.3) is 0 Å². The predicted molar refractivity (Wildman–Crippen MR) is 446 cm³/mol. The van der Waals surface area contributed by atoms with Crippen molar-refractivity contribution in [2.75, 3.05) is 179 Å². The fraction of sp³-hybridized carbons (Fsp3) is 0.481. The highest BCUT2D eigenvalue weighted by Gasteiger charge is 2.35. The van der Waals surface area contributed by atoms with Crippen molar-refractivity contribution in [2.45, 2.75) is 76.9 Å². The number of benzene rings is 6. The lowest BCUT2D eigenvalue weighted by Gasteiger charge is -2.34. The molecule has 3 aliphatic rings. The lowest BCUT2D eigenvalue weighted by molar-refractivity contribution is 0.0516. The molecule has 0 unspecified atom stereocenters. The van der Waals surface area contributed by atoms with Crippen LogP contribution in [0.3, 0.4) is 0 Å². The second kappa shape index (κ2) is 45.8. The molecule has 0 saturated heterocycles. The van der Waals surface area contributed by atoms with Crippen LogP contribution in [0.2, 0.25) is 30.1 Å². The molecule has 0 saturated carbocycles. The molecule has 6 aromatic rings. The highest BCUT2D eigenvalue weighted by molar-refractivity contribution is 7.90. The zero-order chi connectivity index (χ0) is 83.4. The van der Waals surface area contributed by atoms with Crippen molar-refractivity contribution in [2.24, 2.45) is 0 Å². The summed E-state index contributed by atoms with van der Waals surface area (Å²) in [5.74, 6) is -0.459. The molecule has 116 heavy (non-hydrogen) atoms. The van der Waals surface area contributed by atoms with Gasteiger partial charge in [-0.05, 0) is 163 Å². The van der Waals surface area contributed by atoms with Gasteiger partial charge < -0.3 is 85.4 Å². The van der Waals surface area contributed by atoms with Gasteiger partial charge in [-0.15, -0.1) is 0 Å². The van der Waals surface area contributed by atoms with Crippen molar-refractivity contribution in [1.29, 1.82) is 0 Å². The Morgan fingerprint density at radius 3 is 0.905 bits per heavy atom. The zero-order valence-electron chi connectivity index (χ0n) is 64.7. The van der Waals surface area contributed by atoms with Gasteiger partial charge in [0.15, 0.2) is 0 Å². The Morgan fingerprint density at radius 2 is 0.638 bits per heavy atom. The highest BCUT2D eigenvalue weighted by Crippen LogP contribution is 2.42. The Labute approximate surface area is 708 Å². The number of urea groups is 3. The molecule has 30 nitrogen and oxygen atoms in total. The summed E-state index contributed by atoms with van der Waals surface area (Å²) in [6.45, 7) is 5.20. The van der Waals surface area contributed by atoms with Crippen LogP contribution in [0.5, 0.6) is 0 Å². The van der Waals surface area contributed by atoms with Crippen molar-refractivity contribution in [1.82, 2.24) is 66.1 Å². The number of nitrogens with one attached hydrogen (secondary N) is 10. The maximum Gasteiger partial charge on any atom is 0.405 e. The number of ether oxygens (including phenoxy) is 6. The van der Waals surface area contributed by atoms with Gasteiger partial charge in [-0.1, -0.05) is 106 Å². The minimum absolute atomic E-state index is 0.00542. The van der Waals surface area contributed by atoms with Gasteiger partial charge in [0.1, 0.15) is 0 Å². The number of halogens is 6. The first-order valence-corrected chi connectivity index (χ1v) is 44.5. The summed E-state index contributed by atoms with van der Waals surface area (Å²) in [5.41, 5.74) is 6.82. The number of carbonyl (C=O) groups excluding carboxylic acids is 3. The van der Waals surface area contributed by atoms with E-state index in [0.717, 1.165) is 50.1 Å². The molecule has 0 bridgehead atoms. The molecule has 636 valence electrons. The monoisotopic (exact) mass is 1790 g/mol. The quantitative estimate of drug-likeness (QED) is 0.0159. The zero-order valence-corrected chi connectivity index (χ0v) is 71.6. The molecule has 0 radical (unpaired) electrons. The van der Waals surface area contributed by atoms with E-state index in [1.165, 1.54) is 18.2 Å². The molecule has 6 aromatic carbocycles. The number of carbonyl (C=O) groups is 4. The first kappa shape index (κ1) is 93.4. The van der Waals surface area contributed by atoms with Gasteiger partial charge in [0, 0.05) is 152 Å². The van der Waals surface area contributed by atoms with Gasteiger partial charge in [-0.2, -0.15) is 0 Å². The molecule has 0 aliphatic carbocycles. The van der Waals surface area contributed by atoms with Gasteiger partial charge in [0.05, 0.1) is 94.0 Å². The minimum Gasteiger partial charge on any atom is -0.465 e. The SMILES string of the molecule is CN1Cc2c(Cl)cc(Cl)cc2[C@H](c2cccc(S(=O)(=O)NCCOCCOCCNC(=O)NCCC(CCNC(=O)NCCOCCOCCNS(=O)(=O)c3cccc([C@@H]4CN(C)Cc5c(Cl)cc(Cl)cc54)c3)(CCNC(=O)NCCOCCOCCNS(=O)(=O)c3cccc([C@@H]4CN(C)Cc5c(Cl)cc(Cl)cc54)c3)NC(=O)O)c2)C1. The van der Waals surface area contributed by atoms with E-state index in [0.29, 0.717) is 69.4 Å². The van der Waals surface area contributed by atoms with Crippen LogP contribution in [0, 0.1) is 0 Å². The van der Waals surface area contributed by atoms with Crippen LogP contribution in [0.25, 0.3) is 0 Å². The van der Waals surface area contributed by atoms with Crippen LogP contribution < -0.4 is 51.4 Å². The summed E-state index contributed by atoms with van der Waals surface area (Å²) < 4.78 is 122. The maximum atomic E-state index is 13.4. The first-order chi connectivity index (χ1) is 55.5. The number of hydrogen-bond acceptors (Lipinski definition) is 19. The van der Waals surface area contributed by atoms with Crippen molar-refractivity contribution < 1.29 is 78.0 Å². The summed E-state index contributed by atoms with van der Waals surface area (Å²) in [4.78, 5) is 58.1. The van der Waals surface area contributed by atoms with Crippen LogP contribution in [0.4, 0.5) is 19.2 Å². The first-order valence-electron chi connectivity index (χ1n) is 37.8. The average molecular weight is 1790 g/mol. The summed E-state index contributed by atoms with van der Waals surface area (Å²) >= 11 is 38.8. The van der Waals surface area contributed by atoms with E-state index in [-0.39, 0.29) is 190 Å². The maximum absolute atomic E-state index is 13.4. The van der Waals surface area contributed by atoms with Gasteiger partial charge in [-0.25, -0.2) is 58.6 Å². The van der Waals surface area contributed by atoms with Crippen LogP contribution >= 0.6 is 69.6 Å². The molecular weight excluding hydrogens is 1690 g/mol. The van der Waals surface area contributed by atoms with Crippen LogP contribution in [-0.2, 0) is 78.1 Å². The summed E-state index contributed by atoms with van der Waals surface area (Å²) in [5, 5.41) is 32.1. The van der Waals surface area contributed by atoms with E-state index in [2.05, 4.69) is 66.1 Å². The predicted octanol–water partition coefficient (Wildman–Crippen LogP) is 8.75. The fourth-order valence-corrected chi connectivity index (χ4v) is 18.9. The van der Waals surface area contributed by atoms with Gasteiger partial charge in [-0.3, -0.25) is 0 Å². The Hall–Kier alpha value is -6.49. The number of likely N-dealkylation sites (N-methyl/N-ethyl adjacent to an activating group) is 3. The molecule has 11 N–H and O–H groups in total. The number of fused-ring (bicyclic) bond motifs is 3. The topological polar surface area (TPSA) is 376 Å². The highest BCUT2D eigenvalue weighted by atomic mass is 35.5. The molecule has 3 aliphatic heterocycles. The summed E-state index contributed by atoms with van der Waals surface area (Å²) in [7, 11) is -5.77. The lowest BCUT2D eigenvalue weighted by Crippen LogP contribution is -2.54.